The van der Waals surface area contributed by atoms with Crippen molar-refractivity contribution in [1.29, 1.82) is 0 Å². The van der Waals surface area contributed by atoms with Gasteiger partial charge in [-0.15, -0.1) is 0 Å². The molecule has 0 unspecified atom stereocenters. The molecule has 1 aliphatic rings. The first-order valence-corrected chi connectivity index (χ1v) is 9.96. The lowest BCUT2D eigenvalue weighted by molar-refractivity contribution is -0.120. The van der Waals surface area contributed by atoms with Crippen molar-refractivity contribution in [2.75, 3.05) is 18.4 Å². The van der Waals surface area contributed by atoms with E-state index in [1.165, 1.54) is 0 Å². The number of hydrogen-bond acceptors (Lipinski definition) is 2. The number of carbonyl (C=O) groups excluding carboxylic acids is 1. The Morgan fingerprint density at radius 3 is 2.71 bits per heavy atom. The number of aromatic nitrogens is 2. The molecule has 1 fully saturated rings. The maximum atomic E-state index is 12.5. The fraction of sp³-hybridized carbons (Fsp3) is 0.227. The lowest BCUT2D eigenvalue weighted by Crippen LogP contribution is -2.34. The summed E-state index contributed by atoms with van der Waals surface area (Å²) in [4.78, 5) is 19.1. The quantitative estimate of drug-likeness (QED) is 0.400. The minimum absolute atomic E-state index is 0.0923. The number of rotatable bonds is 3. The van der Waals surface area contributed by atoms with Crippen molar-refractivity contribution >= 4 is 44.9 Å². The lowest BCUT2D eigenvalue weighted by atomic mass is 9.97. The van der Waals surface area contributed by atoms with Gasteiger partial charge in [-0.1, -0.05) is 17.7 Å². The van der Waals surface area contributed by atoms with Gasteiger partial charge in [0.15, 0.2) is 0 Å². The molecule has 2 aromatic carbocycles. The van der Waals surface area contributed by atoms with Crippen LogP contribution in [0.4, 0.5) is 5.69 Å². The molecule has 6 heteroatoms. The molecule has 0 saturated carbocycles. The first-order valence-electron chi connectivity index (χ1n) is 9.59. The van der Waals surface area contributed by atoms with E-state index in [1.54, 1.807) is 0 Å². The van der Waals surface area contributed by atoms with Gasteiger partial charge in [-0.05, 0) is 56.3 Å². The number of amides is 1. The van der Waals surface area contributed by atoms with Crippen LogP contribution in [-0.4, -0.2) is 29.0 Å². The molecule has 4 N–H and O–H groups in total. The molecule has 142 valence electrons. The van der Waals surface area contributed by atoms with Crippen molar-refractivity contribution in [3.63, 3.8) is 0 Å². The van der Waals surface area contributed by atoms with E-state index in [0.717, 1.165) is 69.6 Å². The zero-order valence-corrected chi connectivity index (χ0v) is 16.1. The largest absolute Gasteiger partial charge is 0.366 e. The minimum Gasteiger partial charge on any atom is -0.366 e. The molecule has 1 amide bonds. The molecule has 0 aliphatic carbocycles. The first-order chi connectivity index (χ1) is 13.7. The number of aromatic amines is 2. The Morgan fingerprint density at radius 2 is 1.86 bits per heavy atom. The normalized spacial score (nSPS) is 15.3. The van der Waals surface area contributed by atoms with Crippen LogP contribution in [0.5, 0.6) is 0 Å². The van der Waals surface area contributed by atoms with Crippen LogP contribution < -0.4 is 10.6 Å². The van der Waals surface area contributed by atoms with Gasteiger partial charge in [0.1, 0.15) is 0 Å². The second kappa shape index (κ2) is 7.00. The van der Waals surface area contributed by atoms with Crippen LogP contribution >= 0.6 is 11.6 Å². The molecule has 1 aliphatic heterocycles. The van der Waals surface area contributed by atoms with Gasteiger partial charge in [0.05, 0.1) is 0 Å². The number of fused-ring (bicyclic) bond motifs is 2. The summed E-state index contributed by atoms with van der Waals surface area (Å²) >= 11 is 6.30. The molecule has 5 rings (SSSR count). The Morgan fingerprint density at radius 1 is 1.04 bits per heavy atom. The Bertz CT molecular complexity index is 1170. The summed E-state index contributed by atoms with van der Waals surface area (Å²) in [6.07, 6.45) is 5.67. The predicted molar refractivity (Wildman–Crippen MR) is 115 cm³/mol. The van der Waals surface area contributed by atoms with Gasteiger partial charge in [-0.3, -0.25) is 4.79 Å². The van der Waals surface area contributed by atoms with Crippen LogP contribution in [0.25, 0.3) is 32.9 Å². The zero-order chi connectivity index (χ0) is 19.1. The van der Waals surface area contributed by atoms with E-state index in [-0.39, 0.29) is 11.8 Å². The van der Waals surface area contributed by atoms with Gasteiger partial charge in [-0.25, -0.2) is 0 Å². The molecule has 0 bridgehead atoms. The highest BCUT2D eigenvalue weighted by Gasteiger charge is 2.21. The third-order valence-corrected chi connectivity index (χ3v) is 5.91. The van der Waals surface area contributed by atoms with Gasteiger partial charge in [0.25, 0.3) is 0 Å². The van der Waals surface area contributed by atoms with Crippen molar-refractivity contribution < 1.29 is 4.79 Å². The molecule has 4 aromatic rings. The number of benzene rings is 2. The molecular formula is C22H21ClN4O. The number of H-pyrrole nitrogens is 2. The van der Waals surface area contributed by atoms with Crippen molar-refractivity contribution in [3.05, 3.63) is 53.8 Å². The monoisotopic (exact) mass is 392 g/mol. The maximum absolute atomic E-state index is 12.5. The fourth-order valence-electron chi connectivity index (χ4n) is 4.04. The standard InChI is InChI=1S/C22H21ClN4O/c23-19-3-2-16(17-11-25-12-18(17)19)21-10-14-9-15(1-4-20(14)27-21)26-22(28)13-5-7-24-8-6-13/h1-4,9-13,24-25,27H,5-8H2,(H,26,28). The molecule has 3 heterocycles. The molecule has 28 heavy (non-hydrogen) atoms. The SMILES string of the molecule is O=C(Nc1ccc2[nH]c(-c3ccc(Cl)c4c[nH]cc34)cc2c1)C1CCNCC1. The van der Waals surface area contributed by atoms with E-state index >= 15 is 0 Å². The van der Waals surface area contributed by atoms with E-state index in [1.807, 2.05) is 42.7 Å². The number of carbonyl (C=O) groups is 1. The number of piperidine rings is 1. The summed E-state index contributed by atoms with van der Waals surface area (Å²) in [5.41, 5.74) is 3.99. The van der Waals surface area contributed by atoms with Gasteiger partial charge < -0.3 is 20.6 Å². The Balaban J connectivity index is 1.46. The minimum atomic E-state index is 0.0923. The van der Waals surface area contributed by atoms with E-state index < -0.39 is 0 Å². The van der Waals surface area contributed by atoms with Crippen LogP contribution in [0, 0.1) is 5.92 Å². The number of nitrogens with one attached hydrogen (secondary N) is 4. The van der Waals surface area contributed by atoms with Crippen LogP contribution in [0.1, 0.15) is 12.8 Å². The molecule has 1 saturated heterocycles. The van der Waals surface area contributed by atoms with Crippen molar-refractivity contribution in [3.8, 4) is 11.3 Å². The molecular weight excluding hydrogens is 372 g/mol. The third-order valence-electron chi connectivity index (χ3n) is 5.58. The van der Waals surface area contributed by atoms with Gasteiger partial charge in [0.2, 0.25) is 5.91 Å². The highest BCUT2D eigenvalue weighted by atomic mass is 35.5. The summed E-state index contributed by atoms with van der Waals surface area (Å²) in [6.45, 7) is 1.82. The first kappa shape index (κ1) is 17.3. The van der Waals surface area contributed by atoms with Crippen LogP contribution in [0.2, 0.25) is 5.02 Å². The van der Waals surface area contributed by atoms with Gasteiger partial charge in [0, 0.05) is 62.0 Å². The maximum Gasteiger partial charge on any atom is 0.227 e. The number of anilines is 1. The summed E-state index contributed by atoms with van der Waals surface area (Å²) in [5.74, 6) is 0.206. The van der Waals surface area contributed by atoms with Crippen LogP contribution in [0.15, 0.2) is 48.8 Å². The van der Waals surface area contributed by atoms with Gasteiger partial charge >= 0.3 is 0 Å². The van der Waals surface area contributed by atoms with Gasteiger partial charge in [-0.2, -0.15) is 0 Å². The van der Waals surface area contributed by atoms with E-state index in [2.05, 4.69) is 26.7 Å². The average Bonchev–Trinajstić information content (AvgIpc) is 3.36. The third kappa shape index (κ3) is 3.07. The van der Waals surface area contributed by atoms with E-state index in [0.29, 0.717) is 0 Å². The smallest absolute Gasteiger partial charge is 0.227 e. The second-order valence-corrected chi connectivity index (χ2v) is 7.78. The van der Waals surface area contributed by atoms with Crippen LogP contribution in [-0.2, 0) is 4.79 Å². The van der Waals surface area contributed by atoms with E-state index in [4.69, 9.17) is 11.6 Å². The number of hydrogen-bond donors (Lipinski definition) is 4. The summed E-state index contributed by atoms with van der Waals surface area (Å²) < 4.78 is 0. The van der Waals surface area contributed by atoms with Crippen molar-refractivity contribution in [2.24, 2.45) is 5.92 Å². The van der Waals surface area contributed by atoms with Crippen molar-refractivity contribution in [1.82, 2.24) is 15.3 Å². The average molecular weight is 393 g/mol. The second-order valence-electron chi connectivity index (χ2n) is 7.38. The molecule has 5 nitrogen and oxygen atoms in total. The van der Waals surface area contributed by atoms with Crippen molar-refractivity contribution in [2.45, 2.75) is 12.8 Å². The number of halogens is 1. The fourth-order valence-corrected chi connectivity index (χ4v) is 4.26. The summed E-state index contributed by atoms with van der Waals surface area (Å²) in [7, 11) is 0. The zero-order valence-electron chi connectivity index (χ0n) is 15.3. The molecule has 0 atom stereocenters. The lowest BCUT2D eigenvalue weighted by Gasteiger charge is -2.21. The topological polar surface area (TPSA) is 72.7 Å². The Hall–Kier alpha value is -2.76. The van der Waals surface area contributed by atoms with Crippen LogP contribution in [0.3, 0.4) is 0 Å². The molecule has 0 radical (unpaired) electrons. The predicted octanol–water partition coefficient (Wildman–Crippen LogP) is 4.91. The Labute approximate surface area is 167 Å². The summed E-state index contributed by atoms with van der Waals surface area (Å²) in [6, 6.07) is 12.1. The molecule has 2 aromatic heterocycles. The highest BCUT2D eigenvalue weighted by Crippen LogP contribution is 2.34. The highest BCUT2D eigenvalue weighted by molar-refractivity contribution is 6.36. The van der Waals surface area contributed by atoms with E-state index in [9.17, 15) is 4.79 Å². The Kier molecular flexibility index (Phi) is 4.34. The summed E-state index contributed by atoms with van der Waals surface area (Å²) in [5, 5.41) is 10.3. The molecule has 0 spiro atoms.